The Labute approximate surface area is 145 Å². The van der Waals surface area contributed by atoms with Gasteiger partial charge in [0.15, 0.2) is 0 Å². The van der Waals surface area contributed by atoms with Crippen LogP contribution in [0.25, 0.3) is 0 Å². The van der Waals surface area contributed by atoms with Gasteiger partial charge in [-0.05, 0) is 32.1 Å². The van der Waals surface area contributed by atoms with Crippen LogP contribution in [0, 0.1) is 0 Å². The summed E-state index contributed by atoms with van der Waals surface area (Å²) < 4.78 is 0. The van der Waals surface area contributed by atoms with Crippen LogP contribution in [0.1, 0.15) is 58.3 Å². The van der Waals surface area contributed by atoms with Crippen LogP contribution in [0.2, 0.25) is 0 Å². The number of unbranched alkanes of at least 4 members (excludes halogenated alkanes) is 3. The lowest BCUT2D eigenvalue weighted by molar-refractivity contribution is -0.137. The van der Waals surface area contributed by atoms with E-state index in [1.54, 1.807) is 12.2 Å². The van der Waals surface area contributed by atoms with E-state index < -0.39 is 18.2 Å². The van der Waals surface area contributed by atoms with E-state index in [2.05, 4.69) is 25.2 Å². The summed E-state index contributed by atoms with van der Waals surface area (Å²) in [5.41, 5.74) is 0. The summed E-state index contributed by atoms with van der Waals surface area (Å²) in [7, 11) is 0. The molecule has 0 fully saturated rings. The first-order chi connectivity index (χ1) is 11.6. The van der Waals surface area contributed by atoms with Crippen LogP contribution in [0.5, 0.6) is 0 Å². The SMILES string of the molecule is CCCCC/C=C\C\C=C/C=C/C=C/[C@@H](O)[C@H](O)CCCC(=O)O. The fraction of sp³-hybridized carbons (Fsp3) is 0.550. The summed E-state index contributed by atoms with van der Waals surface area (Å²) in [4.78, 5) is 10.4. The van der Waals surface area contributed by atoms with Gasteiger partial charge in [0.25, 0.3) is 0 Å². The quantitative estimate of drug-likeness (QED) is 0.253. The van der Waals surface area contributed by atoms with Gasteiger partial charge in [0.2, 0.25) is 0 Å². The van der Waals surface area contributed by atoms with Crippen LogP contribution in [-0.2, 0) is 4.79 Å². The molecule has 2 atom stereocenters. The minimum atomic E-state index is -0.974. The smallest absolute Gasteiger partial charge is 0.303 e. The molecule has 0 spiro atoms. The predicted octanol–water partition coefficient (Wildman–Crippen LogP) is 4.16. The van der Waals surface area contributed by atoms with Gasteiger partial charge in [0.1, 0.15) is 0 Å². The van der Waals surface area contributed by atoms with Crippen molar-refractivity contribution in [1.82, 2.24) is 0 Å². The molecule has 0 aromatic rings. The number of aliphatic carboxylic acids is 1. The lowest BCUT2D eigenvalue weighted by Crippen LogP contribution is -2.23. The molecule has 4 heteroatoms. The van der Waals surface area contributed by atoms with Crippen LogP contribution < -0.4 is 0 Å². The highest BCUT2D eigenvalue weighted by Crippen LogP contribution is 2.06. The van der Waals surface area contributed by atoms with E-state index in [0.717, 1.165) is 12.8 Å². The molecule has 0 radical (unpaired) electrons. The Morgan fingerprint density at radius 2 is 1.71 bits per heavy atom. The standard InChI is InChI=1S/C20H32O4/c1-2-3-4-5-6-7-8-9-10-11-12-13-15-18(21)19(22)16-14-17-20(23)24/h6-7,9-13,15,18-19,21-22H,2-5,8,14,16-17H2,1H3,(H,23,24)/b7-6-,10-9-,12-11+,15-13+/t18-,19-/m1/s1. The Balaban J connectivity index is 3.81. The maximum atomic E-state index is 10.4. The van der Waals surface area contributed by atoms with E-state index in [9.17, 15) is 15.0 Å². The topological polar surface area (TPSA) is 77.8 Å². The molecule has 0 heterocycles. The van der Waals surface area contributed by atoms with Crippen molar-refractivity contribution >= 4 is 5.97 Å². The zero-order valence-corrected chi connectivity index (χ0v) is 14.7. The van der Waals surface area contributed by atoms with Crippen molar-refractivity contribution in [1.29, 1.82) is 0 Å². The highest BCUT2D eigenvalue weighted by Gasteiger charge is 2.12. The van der Waals surface area contributed by atoms with Crippen LogP contribution in [0.3, 0.4) is 0 Å². The summed E-state index contributed by atoms with van der Waals surface area (Å²) >= 11 is 0. The van der Waals surface area contributed by atoms with E-state index in [1.807, 2.05) is 12.2 Å². The zero-order valence-electron chi connectivity index (χ0n) is 14.7. The zero-order chi connectivity index (χ0) is 18.0. The van der Waals surface area contributed by atoms with Gasteiger partial charge in [0.05, 0.1) is 12.2 Å². The Morgan fingerprint density at radius 3 is 2.42 bits per heavy atom. The lowest BCUT2D eigenvalue weighted by Gasteiger charge is -2.13. The van der Waals surface area contributed by atoms with E-state index in [-0.39, 0.29) is 12.8 Å². The third kappa shape index (κ3) is 15.3. The largest absolute Gasteiger partial charge is 0.481 e. The second kappa shape index (κ2) is 16.2. The fourth-order valence-corrected chi connectivity index (χ4v) is 2.03. The molecule has 0 aliphatic rings. The Bertz CT molecular complexity index is 421. The Morgan fingerprint density at radius 1 is 0.958 bits per heavy atom. The highest BCUT2D eigenvalue weighted by atomic mass is 16.4. The number of aliphatic hydroxyl groups excluding tert-OH is 2. The molecule has 24 heavy (non-hydrogen) atoms. The van der Waals surface area contributed by atoms with Gasteiger partial charge in [-0.3, -0.25) is 4.79 Å². The minimum absolute atomic E-state index is 0.00520. The number of carboxylic acid groups (broad SMARTS) is 1. The minimum Gasteiger partial charge on any atom is -0.481 e. The summed E-state index contributed by atoms with van der Waals surface area (Å²) in [5, 5.41) is 27.9. The van der Waals surface area contributed by atoms with Crippen molar-refractivity contribution in [2.24, 2.45) is 0 Å². The van der Waals surface area contributed by atoms with E-state index in [1.165, 1.54) is 25.3 Å². The highest BCUT2D eigenvalue weighted by molar-refractivity contribution is 5.66. The van der Waals surface area contributed by atoms with Crippen LogP contribution in [0.4, 0.5) is 0 Å². The summed E-state index contributed by atoms with van der Waals surface area (Å²) in [6.07, 6.45) is 19.8. The molecular weight excluding hydrogens is 304 g/mol. The molecule has 0 amide bonds. The summed E-state index contributed by atoms with van der Waals surface area (Å²) in [5.74, 6) is -0.891. The van der Waals surface area contributed by atoms with Crippen molar-refractivity contribution in [2.75, 3.05) is 0 Å². The number of rotatable bonds is 14. The number of carbonyl (C=O) groups is 1. The second-order valence-electron chi connectivity index (χ2n) is 5.74. The summed E-state index contributed by atoms with van der Waals surface area (Å²) in [6.45, 7) is 2.20. The van der Waals surface area contributed by atoms with Crippen molar-refractivity contribution in [2.45, 2.75) is 70.5 Å². The van der Waals surface area contributed by atoms with Crippen LogP contribution in [-0.4, -0.2) is 33.5 Å². The first-order valence-electron chi connectivity index (χ1n) is 8.80. The van der Waals surface area contributed by atoms with Gasteiger partial charge in [-0.2, -0.15) is 0 Å². The molecule has 0 unspecified atom stereocenters. The predicted molar refractivity (Wildman–Crippen MR) is 98.8 cm³/mol. The van der Waals surface area contributed by atoms with Gasteiger partial charge in [0, 0.05) is 6.42 Å². The molecule has 0 saturated heterocycles. The molecule has 0 saturated carbocycles. The second-order valence-corrected chi connectivity index (χ2v) is 5.74. The molecule has 0 aliphatic heterocycles. The molecule has 4 nitrogen and oxygen atoms in total. The summed E-state index contributed by atoms with van der Waals surface area (Å²) in [6, 6.07) is 0. The van der Waals surface area contributed by atoms with Gasteiger partial charge in [-0.1, -0.05) is 68.4 Å². The monoisotopic (exact) mass is 336 g/mol. The molecule has 3 N–H and O–H groups in total. The molecular formula is C20H32O4. The molecule has 0 bridgehead atoms. The van der Waals surface area contributed by atoms with Gasteiger partial charge >= 0.3 is 5.97 Å². The van der Waals surface area contributed by atoms with Gasteiger partial charge in [-0.15, -0.1) is 0 Å². The third-order valence-electron chi connectivity index (χ3n) is 3.48. The Hall–Kier alpha value is -1.65. The third-order valence-corrected chi connectivity index (χ3v) is 3.48. The first-order valence-corrected chi connectivity index (χ1v) is 8.80. The van der Waals surface area contributed by atoms with Crippen molar-refractivity contribution < 1.29 is 20.1 Å². The van der Waals surface area contributed by atoms with E-state index >= 15 is 0 Å². The molecule has 0 aromatic heterocycles. The lowest BCUT2D eigenvalue weighted by atomic mass is 10.1. The van der Waals surface area contributed by atoms with Gasteiger partial charge < -0.3 is 15.3 Å². The van der Waals surface area contributed by atoms with Crippen LogP contribution in [0.15, 0.2) is 48.6 Å². The van der Waals surface area contributed by atoms with Gasteiger partial charge in [-0.25, -0.2) is 0 Å². The van der Waals surface area contributed by atoms with Crippen molar-refractivity contribution in [3.63, 3.8) is 0 Å². The number of aliphatic hydroxyl groups is 2. The van der Waals surface area contributed by atoms with E-state index in [0.29, 0.717) is 6.42 Å². The Kier molecular flexibility index (Phi) is 15.1. The van der Waals surface area contributed by atoms with E-state index in [4.69, 9.17) is 5.11 Å². The number of hydrogen-bond donors (Lipinski definition) is 3. The number of allylic oxidation sites excluding steroid dienone is 7. The molecule has 0 aromatic carbocycles. The average Bonchev–Trinajstić information content (AvgIpc) is 2.55. The molecule has 0 aliphatic carbocycles. The van der Waals surface area contributed by atoms with Crippen molar-refractivity contribution in [3.8, 4) is 0 Å². The molecule has 136 valence electrons. The average molecular weight is 336 g/mol. The fourth-order valence-electron chi connectivity index (χ4n) is 2.03. The van der Waals surface area contributed by atoms with Crippen LogP contribution >= 0.6 is 0 Å². The first kappa shape index (κ1) is 22.4. The van der Waals surface area contributed by atoms with Crippen molar-refractivity contribution in [3.05, 3.63) is 48.6 Å². The normalized spacial score (nSPS) is 15.1. The maximum Gasteiger partial charge on any atom is 0.303 e. The maximum absolute atomic E-state index is 10.4. The molecule has 0 rings (SSSR count). The number of carboxylic acids is 1. The number of hydrogen-bond acceptors (Lipinski definition) is 3.